The van der Waals surface area contributed by atoms with Gasteiger partial charge in [0.05, 0.1) is 6.04 Å². The van der Waals surface area contributed by atoms with Crippen LogP contribution in [0.3, 0.4) is 0 Å². The maximum absolute atomic E-state index is 11.7. The number of aryl methyl sites for hydroxylation is 1. The van der Waals surface area contributed by atoms with Crippen LogP contribution in [0.15, 0.2) is 18.2 Å². The number of fused-ring (bicyclic) bond motifs is 1. The maximum atomic E-state index is 11.7. The molecule has 0 saturated heterocycles. The number of ether oxygens (including phenoxy) is 1. The number of rotatable bonds is 1. The summed E-state index contributed by atoms with van der Waals surface area (Å²) in [4.78, 5) is 11.7. The third-order valence-electron chi connectivity index (χ3n) is 2.98. The Labute approximate surface area is 108 Å². The van der Waals surface area contributed by atoms with Gasteiger partial charge in [-0.2, -0.15) is 0 Å². The van der Waals surface area contributed by atoms with Crippen molar-refractivity contribution in [1.82, 2.24) is 5.32 Å². The molecule has 0 saturated carbocycles. The number of hydrogen-bond donors (Lipinski definition) is 2. The highest BCUT2D eigenvalue weighted by Gasteiger charge is 2.26. The molecule has 1 atom stereocenters. The van der Waals surface area contributed by atoms with Crippen LogP contribution in [0, 0.1) is 0 Å². The van der Waals surface area contributed by atoms with Crippen molar-refractivity contribution < 1.29 is 15.3 Å². The number of alkyl carbamates (subject to hydrolysis) is 1. The molecule has 0 bridgehead atoms. The SMILES string of the molecule is CC(C)(C)OC(=O)N[C@H]1CCc2cc([NH3+])ccc21. The minimum atomic E-state index is -0.456. The predicted octanol–water partition coefficient (Wildman–Crippen LogP) is 2.07. The molecule has 1 aromatic rings. The van der Waals surface area contributed by atoms with Crippen LogP contribution in [-0.4, -0.2) is 11.7 Å². The summed E-state index contributed by atoms with van der Waals surface area (Å²) >= 11 is 0. The highest BCUT2D eigenvalue weighted by atomic mass is 16.6. The lowest BCUT2D eigenvalue weighted by Gasteiger charge is -2.22. The van der Waals surface area contributed by atoms with Crippen molar-refractivity contribution in [3.8, 4) is 0 Å². The van der Waals surface area contributed by atoms with Crippen LogP contribution in [0.2, 0.25) is 0 Å². The Bertz CT molecular complexity index is 463. The molecule has 0 spiro atoms. The molecule has 1 aliphatic rings. The van der Waals surface area contributed by atoms with Crippen LogP contribution >= 0.6 is 0 Å². The molecule has 4 heteroatoms. The lowest BCUT2D eigenvalue weighted by Crippen LogP contribution is -2.40. The molecule has 0 unspecified atom stereocenters. The van der Waals surface area contributed by atoms with Gasteiger partial charge in [-0.15, -0.1) is 0 Å². The van der Waals surface area contributed by atoms with E-state index in [1.165, 1.54) is 11.1 Å². The first kappa shape index (κ1) is 12.9. The van der Waals surface area contributed by atoms with Crippen LogP contribution in [0.1, 0.15) is 44.4 Å². The van der Waals surface area contributed by atoms with Crippen molar-refractivity contribution >= 4 is 11.8 Å². The molecule has 0 radical (unpaired) electrons. The van der Waals surface area contributed by atoms with Crippen molar-refractivity contribution in [2.24, 2.45) is 0 Å². The first-order valence-corrected chi connectivity index (χ1v) is 6.29. The van der Waals surface area contributed by atoms with E-state index in [1.54, 1.807) is 0 Å². The number of hydrogen-bond acceptors (Lipinski definition) is 2. The third kappa shape index (κ3) is 3.01. The number of benzene rings is 1. The fourth-order valence-electron chi connectivity index (χ4n) is 2.27. The van der Waals surface area contributed by atoms with Gasteiger partial charge >= 0.3 is 6.09 Å². The number of carbonyl (C=O) groups excluding carboxylic acids is 1. The average molecular weight is 249 g/mol. The van der Waals surface area contributed by atoms with Gasteiger partial charge in [-0.1, -0.05) is 6.07 Å². The molecule has 2 rings (SSSR count). The number of quaternary nitrogens is 1. The van der Waals surface area contributed by atoms with E-state index in [0.29, 0.717) is 0 Å². The second kappa shape index (κ2) is 4.61. The van der Waals surface area contributed by atoms with Crippen molar-refractivity contribution in [3.05, 3.63) is 29.3 Å². The Balaban J connectivity index is 2.04. The first-order valence-electron chi connectivity index (χ1n) is 6.29. The van der Waals surface area contributed by atoms with E-state index in [2.05, 4.69) is 17.1 Å². The molecule has 0 heterocycles. The summed E-state index contributed by atoms with van der Waals surface area (Å²) in [7, 11) is 0. The number of carbonyl (C=O) groups is 1. The quantitative estimate of drug-likeness (QED) is 0.800. The van der Waals surface area contributed by atoms with Gasteiger partial charge in [-0.05, 0) is 50.8 Å². The second-order valence-corrected chi connectivity index (χ2v) is 5.77. The van der Waals surface area contributed by atoms with Crippen molar-refractivity contribution in [3.63, 3.8) is 0 Å². The van der Waals surface area contributed by atoms with Crippen LogP contribution in [0.4, 0.5) is 10.5 Å². The normalized spacial score (nSPS) is 18.3. The Morgan fingerprint density at radius 1 is 1.44 bits per heavy atom. The van der Waals surface area contributed by atoms with Crippen molar-refractivity contribution in [2.75, 3.05) is 0 Å². The van der Waals surface area contributed by atoms with E-state index in [0.717, 1.165) is 18.5 Å². The molecule has 18 heavy (non-hydrogen) atoms. The fraction of sp³-hybridized carbons (Fsp3) is 0.500. The van der Waals surface area contributed by atoms with Crippen LogP contribution in [0.5, 0.6) is 0 Å². The van der Waals surface area contributed by atoms with Crippen LogP contribution in [0.25, 0.3) is 0 Å². The summed E-state index contributed by atoms with van der Waals surface area (Å²) in [6.07, 6.45) is 1.57. The van der Waals surface area contributed by atoms with Gasteiger partial charge in [0.2, 0.25) is 0 Å². The summed E-state index contributed by atoms with van der Waals surface area (Å²) in [6, 6.07) is 6.18. The van der Waals surface area contributed by atoms with E-state index < -0.39 is 5.60 Å². The molecule has 0 aliphatic heterocycles. The predicted molar refractivity (Wildman–Crippen MR) is 69.4 cm³/mol. The molecule has 1 amide bonds. The topological polar surface area (TPSA) is 66.0 Å². The summed E-state index contributed by atoms with van der Waals surface area (Å²) in [5.74, 6) is 0. The summed E-state index contributed by atoms with van der Waals surface area (Å²) in [6.45, 7) is 5.60. The summed E-state index contributed by atoms with van der Waals surface area (Å²) < 4.78 is 5.28. The molecular weight excluding hydrogens is 228 g/mol. The van der Waals surface area contributed by atoms with E-state index in [9.17, 15) is 4.79 Å². The Kier molecular flexibility index (Phi) is 3.30. The zero-order chi connectivity index (χ0) is 13.3. The van der Waals surface area contributed by atoms with E-state index in [-0.39, 0.29) is 12.1 Å². The Morgan fingerprint density at radius 2 is 2.17 bits per heavy atom. The maximum Gasteiger partial charge on any atom is 0.408 e. The van der Waals surface area contributed by atoms with Crippen molar-refractivity contribution in [1.29, 1.82) is 0 Å². The average Bonchev–Trinajstić information content (AvgIpc) is 2.57. The highest BCUT2D eigenvalue weighted by Crippen LogP contribution is 2.32. The smallest absolute Gasteiger partial charge is 0.408 e. The minimum Gasteiger partial charge on any atom is -0.444 e. The third-order valence-corrected chi connectivity index (χ3v) is 2.98. The van der Waals surface area contributed by atoms with Crippen LogP contribution < -0.4 is 11.1 Å². The van der Waals surface area contributed by atoms with Crippen molar-refractivity contribution in [2.45, 2.75) is 45.3 Å². The van der Waals surface area contributed by atoms with Crippen LogP contribution in [-0.2, 0) is 11.2 Å². The van der Waals surface area contributed by atoms with Gasteiger partial charge in [0.1, 0.15) is 11.3 Å². The molecular formula is C14H21N2O2+. The standard InChI is InChI=1S/C14H20N2O2/c1-14(2,3)18-13(17)16-12-7-4-9-8-10(15)5-6-11(9)12/h5-6,8,12H,4,7,15H2,1-3H3,(H,16,17)/p+1/t12-/m0/s1. The number of amides is 1. The van der Waals surface area contributed by atoms with E-state index in [4.69, 9.17) is 4.74 Å². The van der Waals surface area contributed by atoms with Gasteiger partial charge in [0.15, 0.2) is 0 Å². The summed E-state index contributed by atoms with van der Waals surface area (Å²) in [5, 5.41) is 2.93. The molecule has 0 fully saturated rings. The van der Waals surface area contributed by atoms with Gasteiger partial charge in [-0.25, -0.2) is 4.79 Å². The molecule has 98 valence electrons. The Morgan fingerprint density at radius 3 is 2.83 bits per heavy atom. The molecule has 1 aliphatic carbocycles. The van der Waals surface area contributed by atoms with Gasteiger partial charge in [0, 0.05) is 6.07 Å². The lowest BCUT2D eigenvalue weighted by molar-refractivity contribution is -0.254. The second-order valence-electron chi connectivity index (χ2n) is 5.77. The Hall–Kier alpha value is -1.55. The monoisotopic (exact) mass is 249 g/mol. The zero-order valence-corrected chi connectivity index (χ0v) is 11.2. The lowest BCUT2D eigenvalue weighted by atomic mass is 10.1. The largest absolute Gasteiger partial charge is 0.444 e. The molecule has 1 aromatic carbocycles. The zero-order valence-electron chi connectivity index (χ0n) is 11.2. The van der Waals surface area contributed by atoms with Gasteiger partial charge < -0.3 is 15.8 Å². The van der Waals surface area contributed by atoms with Gasteiger partial charge in [-0.3, -0.25) is 0 Å². The minimum absolute atomic E-state index is 0.0652. The molecule has 4 nitrogen and oxygen atoms in total. The van der Waals surface area contributed by atoms with E-state index in [1.807, 2.05) is 32.9 Å². The molecule has 4 N–H and O–H groups in total. The first-order chi connectivity index (χ1) is 8.35. The van der Waals surface area contributed by atoms with E-state index >= 15 is 0 Å². The molecule has 0 aromatic heterocycles. The number of nitrogens with one attached hydrogen (secondary N) is 1. The highest BCUT2D eigenvalue weighted by molar-refractivity contribution is 5.68. The fourth-order valence-corrected chi connectivity index (χ4v) is 2.27. The van der Waals surface area contributed by atoms with Gasteiger partial charge in [0.25, 0.3) is 0 Å². The summed E-state index contributed by atoms with van der Waals surface area (Å²) in [5.41, 5.74) is 6.95.